The molecule has 1 unspecified atom stereocenters. The van der Waals surface area contributed by atoms with Crippen LogP contribution in [0.3, 0.4) is 0 Å². The highest BCUT2D eigenvalue weighted by molar-refractivity contribution is 4.72. The lowest BCUT2D eigenvalue weighted by molar-refractivity contribution is 0.226. The van der Waals surface area contributed by atoms with E-state index >= 15 is 0 Å². The molecule has 0 heterocycles. The van der Waals surface area contributed by atoms with E-state index in [4.69, 9.17) is 0 Å². The Balaban J connectivity index is 3.73. The van der Waals surface area contributed by atoms with Gasteiger partial charge in [0.2, 0.25) is 0 Å². The van der Waals surface area contributed by atoms with Gasteiger partial charge in [0, 0.05) is 12.6 Å². The van der Waals surface area contributed by atoms with Gasteiger partial charge in [-0.15, -0.1) is 6.58 Å². The molecule has 16 heavy (non-hydrogen) atoms. The molecule has 2 nitrogen and oxygen atoms in total. The second kappa shape index (κ2) is 9.86. The lowest BCUT2D eigenvalue weighted by Gasteiger charge is -2.27. The average molecular weight is 226 g/mol. The lowest BCUT2D eigenvalue weighted by Crippen LogP contribution is -2.41. The molecule has 0 saturated carbocycles. The van der Waals surface area contributed by atoms with E-state index in [1.807, 2.05) is 6.08 Å². The molecular formula is C14H30N2. The number of nitrogens with one attached hydrogen (secondary N) is 1. The number of allylic oxidation sites excluding steroid dienone is 1. The topological polar surface area (TPSA) is 15.3 Å². The third-order valence-corrected chi connectivity index (χ3v) is 2.95. The number of hydrogen-bond donors (Lipinski definition) is 1. The summed E-state index contributed by atoms with van der Waals surface area (Å²) in [7, 11) is 2.23. The highest BCUT2D eigenvalue weighted by Gasteiger charge is 2.11. The van der Waals surface area contributed by atoms with Crippen molar-refractivity contribution in [3.63, 3.8) is 0 Å². The maximum Gasteiger partial charge on any atom is 0.0214 e. The summed E-state index contributed by atoms with van der Waals surface area (Å²) in [6.07, 6.45) is 5.57. The van der Waals surface area contributed by atoms with Crippen LogP contribution in [0, 0.1) is 5.92 Å². The fourth-order valence-corrected chi connectivity index (χ4v) is 1.82. The second-order valence-corrected chi connectivity index (χ2v) is 5.03. The van der Waals surface area contributed by atoms with E-state index < -0.39 is 0 Å². The van der Waals surface area contributed by atoms with Crippen LogP contribution in [0.1, 0.15) is 40.0 Å². The predicted molar refractivity (Wildman–Crippen MR) is 73.8 cm³/mol. The van der Waals surface area contributed by atoms with Gasteiger partial charge in [-0.05, 0) is 45.3 Å². The van der Waals surface area contributed by atoms with Gasteiger partial charge in [-0.1, -0.05) is 26.8 Å². The Morgan fingerprint density at radius 1 is 1.31 bits per heavy atom. The van der Waals surface area contributed by atoms with Gasteiger partial charge >= 0.3 is 0 Å². The largest absolute Gasteiger partial charge is 0.315 e. The molecule has 0 aromatic heterocycles. The molecule has 0 spiro atoms. The van der Waals surface area contributed by atoms with Crippen LogP contribution >= 0.6 is 0 Å². The van der Waals surface area contributed by atoms with Crippen LogP contribution in [-0.4, -0.2) is 37.6 Å². The standard InChI is InChI=1S/C14H30N2/c1-6-8-9-10-16(5)14(7-2)12-15-11-13(3)4/h6,13-15H,1,7-12H2,2-5H3. The van der Waals surface area contributed by atoms with Crippen LogP contribution < -0.4 is 5.32 Å². The van der Waals surface area contributed by atoms with E-state index in [0.717, 1.165) is 25.4 Å². The van der Waals surface area contributed by atoms with Crippen LogP contribution in [-0.2, 0) is 0 Å². The van der Waals surface area contributed by atoms with E-state index in [0.29, 0.717) is 6.04 Å². The summed E-state index contributed by atoms with van der Waals surface area (Å²) in [5, 5.41) is 3.55. The molecule has 0 aliphatic carbocycles. The summed E-state index contributed by atoms with van der Waals surface area (Å²) in [5.41, 5.74) is 0. The Labute approximate surface area is 102 Å². The summed E-state index contributed by atoms with van der Waals surface area (Å²) >= 11 is 0. The first-order chi connectivity index (χ1) is 7.61. The molecule has 0 aliphatic heterocycles. The average Bonchev–Trinajstić information content (AvgIpc) is 2.24. The Kier molecular flexibility index (Phi) is 9.65. The Hall–Kier alpha value is -0.340. The van der Waals surface area contributed by atoms with E-state index in [1.165, 1.54) is 19.4 Å². The van der Waals surface area contributed by atoms with Gasteiger partial charge in [0.15, 0.2) is 0 Å². The summed E-state index contributed by atoms with van der Waals surface area (Å²) < 4.78 is 0. The molecule has 1 atom stereocenters. The summed E-state index contributed by atoms with van der Waals surface area (Å²) in [6.45, 7) is 13.9. The summed E-state index contributed by atoms with van der Waals surface area (Å²) in [6, 6.07) is 0.670. The van der Waals surface area contributed by atoms with E-state index in [1.54, 1.807) is 0 Å². The van der Waals surface area contributed by atoms with Crippen molar-refractivity contribution in [2.75, 3.05) is 26.7 Å². The van der Waals surface area contributed by atoms with Crippen molar-refractivity contribution in [3.05, 3.63) is 12.7 Å². The third kappa shape index (κ3) is 7.89. The van der Waals surface area contributed by atoms with Crippen molar-refractivity contribution in [2.45, 2.75) is 46.1 Å². The smallest absolute Gasteiger partial charge is 0.0214 e. The van der Waals surface area contributed by atoms with Crippen LogP contribution in [0.25, 0.3) is 0 Å². The fraction of sp³-hybridized carbons (Fsp3) is 0.857. The molecule has 0 bridgehead atoms. The normalized spacial score (nSPS) is 13.4. The van der Waals surface area contributed by atoms with Gasteiger partial charge in [-0.25, -0.2) is 0 Å². The zero-order chi connectivity index (χ0) is 12.4. The molecule has 2 heteroatoms. The first-order valence-corrected chi connectivity index (χ1v) is 6.63. The van der Waals surface area contributed by atoms with Crippen molar-refractivity contribution in [1.29, 1.82) is 0 Å². The molecule has 0 aliphatic rings. The van der Waals surface area contributed by atoms with Crippen molar-refractivity contribution >= 4 is 0 Å². The van der Waals surface area contributed by atoms with Crippen LogP contribution in [0.2, 0.25) is 0 Å². The summed E-state index contributed by atoms with van der Waals surface area (Å²) in [5.74, 6) is 0.739. The maximum atomic E-state index is 3.76. The SMILES string of the molecule is C=CCCCN(C)C(CC)CNCC(C)C. The highest BCUT2D eigenvalue weighted by atomic mass is 15.1. The fourth-order valence-electron chi connectivity index (χ4n) is 1.82. The van der Waals surface area contributed by atoms with E-state index in [2.05, 4.69) is 44.6 Å². The second-order valence-electron chi connectivity index (χ2n) is 5.03. The molecule has 0 fully saturated rings. The van der Waals surface area contributed by atoms with Gasteiger partial charge in [0.25, 0.3) is 0 Å². The Morgan fingerprint density at radius 3 is 2.50 bits per heavy atom. The molecule has 0 radical (unpaired) electrons. The summed E-state index contributed by atoms with van der Waals surface area (Å²) in [4.78, 5) is 2.47. The van der Waals surface area contributed by atoms with Crippen LogP contribution in [0.15, 0.2) is 12.7 Å². The number of likely N-dealkylation sites (N-methyl/N-ethyl adjacent to an activating group) is 1. The molecular weight excluding hydrogens is 196 g/mol. The minimum absolute atomic E-state index is 0.670. The van der Waals surface area contributed by atoms with Crippen molar-refractivity contribution < 1.29 is 0 Å². The lowest BCUT2D eigenvalue weighted by atomic mass is 10.1. The number of rotatable bonds is 10. The van der Waals surface area contributed by atoms with Crippen molar-refractivity contribution in [2.24, 2.45) is 5.92 Å². The minimum Gasteiger partial charge on any atom is -0.315 e. The predicted octanol–water partition coefficient (Wildman–Crippen LogP) is 2.91. The Bertz CT molecular complexity index is 166. The zero-order valence-corrected chi connectivity index (χ0v) is 11.6. The first kappa shape index (κ1) is 15.7. The monoisotopic (exact) mass is 226 g/mol. The molecule has 96 valence electrons. The van der Waals surface area contributed by atoms with E-state index in [9.17, 15) is 0 Å². The first-order valence-electron chi connectivity index (χ1n) is 6.63. The molecule has 1 N–H and O–H groups in total. The van der Waals surface area contributed by atoms with E-state index in [-0.39, 0.29) is 0 Å². The molecule has 0 rings (SSSR count). The molecule has 0 aromatic carbocycles. The van der Waals surface area contributed by atoms with Crippen molar-refractivity contribution in [3.8, 4) is 0 Å². The maximum absolute atomic E-state index is 3.76. The van der Waals surface area contributed by atoms with Crippen LogP contribution in [0.4, 0.5) is 0 Å². The molecule has 0 saturated heterocycles. The van der Waals surface area contributed by atoms with Gasteiger partial charge in [-0.3, -0.25) is 0 Å². The Morgan fingerprint density at radius 2 is 2.00 bits per heavy atom. The number of nitrogens with zero attached hydrogens (tertiary/aromatic N) is 1. The van der Waals surface area contributed by atoms with Crippen molar-refractivity contribution in [1.82, 2.24) is 10.2 Å². The number of unbranched alkanes of at least 4 members (excludes halogenated alkanes) is 1. The van der Waals surface area contributed by atoms with Gasteiger partial charge in [-0.2, -0.15) is 0 Å². The minimum atomic E-state index is 0.670. The molecule has 0 aromatic rings. The van der Waals surface area contributed by atoms with Crippen LogP contribution in [0.5, 0.6) is 0 Å². The quantitative estimate of drug-likeness (QED) is 0.455. The number of hydrogen-bond acceptors (Lipinski definition) is 2. The zero-order valence-electron chi connectivity index (χ0n) is 11.6. The van der Waals surface area contributed by atoms with Gasteiger partial charge in [0.05, 0.1) is 0 Å². The third-order valence-electron chi connectivity index (χ3n) is 2.95. The van der Waals surface area contributed by atoms with Gasteiger partial charge in [0.1, 0.15) is 0 Å². The van der Waals surface area contributed by atoms with Gasteiger partial charge < -0.3 is 10.2 Å². The molecule has 0 amide bonds. The highest BCUT2D eigenvalue weighted by Crippen LogP contribution is 2.03.